The van der Waals surface area contributed by atoms with E-state index in [2.05, 4.69) is 15.6 Å². The van der Waals surface area contributed by atoms with Crippen molar-refractivity contribution in [2.75, 3.05) is 19.3 Å². The van der Waals surface area contributed by atoms with Crippen molar-refractivity contribution in [2.45, 2.75) is 32.1 Å². The molecule has 0 spiro atoms. The molecule has 0 fully saturated rings. The number of aliphatic imine (C=N–C) groups is 1. The fraction of sp³-hybridized carbons (Fsp3) is 0.533. The van der Waals surface area contributed by atoms with Gasteiger partial charge in [-0.15, -0.1) is 0 Å². The van der Waals surface area contributed by atoms with Gasteiger partial charge < -0.3 is 10.6 Å². The second-order valence-electron chi connectivity index (χ2n) is 5.61. The van der Waals surface area contributed by atoms with E-state index in [1.807, 2.05) is 20.8 Å². The fourth-order valence-corrected chi connectivity index (χ4v) is 2.51. The summed E-state index contributed by atoms with van der Waals surface area (Å²) in [4.78, 5) is 4.06. The van der Waals surface area contributed by atoms with Crippen molar-refractivity contribution >= 4 is 16.8 Å². The summed E-state index contributed by atoms with van der Waals surface area (Å²) >= 11 is 0. The third-order valence-electron chi connectivity index (χ3n) is 2.89. The minimum Gasteiger partial charge on any atom is -0.355 e. The Hall–Kier alpha value is -1.43. The molecule has 0 saturated heterocycles. The number of nitrogens with one attached hydrogen (secondary N) is 2. The number of hydrogen-bond donors (Lipinski definition) is 2. The van der Waals surface area contributed by atoms with Crippen molar-refractivity contribution in [3.63, 3.8) is 0 Å². The number of rotatable bonds is 5. The Morgan fingerprint density at radius 3 is 2.52 bits per heavy atom. The maximum absolute atomic E-state index is 13.5. The zero-order valence-corrected chi connectivity index (χ0v) is 13.9. The molecule has 2 N–H and O–H groups in total. The van der Waals surface area contributed by atoms with Crippen molar-refractivity contribution in [1.29, 1.82) is 0 Å². The first-order chi connectivity index (χ1) is 9.84. The first-order valence-corrected chi connectivity index (χ1v) is 8.23. The molecule has 6 heteroatoms. The van der Waals surface area contributed by atoms with E-state index in [1.165, 1.54) is 6.07 Å². The SMILES string of the molecule is CN=C(NCCS(=O)C(C)(C)C)NCc1ccccc1F. The van der Waals surface area contributed by atoms with Gasteiger partial charge in [0.25, 0.3) is 0 Å². The van der Waals surface area contributed by atoms with Gasteiger partial charge in [-0.3, -0.25) is 9.20 Å². The minimum atomic E-state index is -0.905. The van der Waals surface area contributed by atoms with Gasteiger partial charge in [-0.25, -0.2) is 4.39 Å². The summed E-state index contributed by atoms with van der Waals surface area (Å²) in [5.41, 5.74) is 0.582. The number of nitrogens with zero attached hydrogens (tertiary/aromatic N) is 1. The van der Waals surface area contributed by atoms with Gasteiger partial charge in [0.1, 0.15) is 5.82 Å². The summed E-state index contributed by atoms with van der Waals surface area (Å²) in [7, 11) is 0.746. The number of guanidine groups is 1. The van der Waals surface area contributed by atoms with Crippen LogP contribution >= 0.6 is 0 Å². The molecule has 118 valence electrons. The molecule has 1 aromatic rings. The Labute approximate surface area is 128 Å². The van der Waals surface area contributed by atoms with E-state index in [9.17, 15) is 8.60 Å². The van der Waals surface area contributed by atoms with Crippen molar-refractivity contribution in [2.24, 2.45) is 4.99 Å². The summed E-state index contributed by atoms with van der Waals surface area (Å²) < 4.78 is 25.2. The zero-order valence-electron chi connectivity index (χ0n) is 13.1. The van der Waals surface area contributed by atoms with Crippen molar-refractivity contribution in [1.82, 2.24) is 10.6 Å². The number of hydrogen-bond acceptors (Lipinski definition) is 2. The first-order valence-electron chi connectivity index (χ1n) is 6.91. The topological polar surface area (TPSA) is 53.5 Å². The number of halogens is 1. The molecule has 1 rings (SSSR count). The van der Waals surface area contributed by atoms with Crippen LogP contribution in [0.2, 0.25) is 0 Å². The Morgan fingerprint density at radius 1 is 1.29 bits per heavy atom. The molecule has 0 aliphatic rings. The Kier molecular flexibility index (Phi) is 6.81. The zero-order chi connectivity index (χ0) is 15.9. The van der Waals surface area contributed by atoms with E-state index in [1.54, 1.807) is 25.2 Å². The highest BCUT2D eigenvalue weighted by Gasteiger charge is 2.18. The van der Waals surface area contributed by atoms with Crippen LogP contribution in [-0.2, 0) is 17.3 Å². The van der Waals surface area contributed by atoms with Gasteiger partial charge in [0.15, 0.2) is 5.96 Å². The molecule has 1 aromatic carbocycles. The van der Waals surface area contributed by atoms with Gasteiger partial charge in [-0.1, -0.05) is 18.2 Å². The third-order valence-corrected chi connectivity index (χ3v) is 4.83. The lowest BCUT2D eigenvalue weighted by Gasteiger charge is -2.18. The lowest BCUT2D eigenvalue weighted by Crippen LogP contribution is -2.40. The molecule has 0 heterocycles. The third kappa shape index (κ3) is 6.25. The summed E-state index contributed by atoms with van der Waals surface area (Å²) in [5, 5.41) is 6.12. The second-order valence-corrected chi connectivity index (χ2v) is 7.93. The van der Waals surface area contributed by atoms with E-state index in [0.717, 1.165) is 0 Å². The summed E-state index contributed by atoms with van der Waals surface area (Å²) in [6.45, 7) is 6.77. The Balaban J connectivity index is 2.40. The normalized spacial score (nSPS) is 13.9. The van der Waals surface area contributed by atoms with E-state index >= 15 is 0 Å². The highest BCUT2D eigenvalue weighted by molar-refractivity contribution is 7.86. The molecule has 0 aliphatic carbocycles. The maximum atomic E-state index is 13.5. The molecule has 0 saturated carbocycles. The average molecular weight is 313 g/mol. The molecule has 0 aromatic heterocycles. The summed E-state index contributed by atoms with van der Waals surface area (Å²) in [6.07, 6.45) is 0. The molecular weight excluding hydrogens is 289 g/mol. The molecule has 1 unspecified atom stereocenters. The van der Waals surface area contributed by atoms with Gasteiger partial charge in [0.05, 0.1) is 0 Å². The highest BCUT2D eigenvalue weighted by Crippen LogP contribution is 2.10. The minimum absolute atomic E-state index is 0.216. The van der Waals surface area contributed by atoms with Crippen LogP contribution in [0.15, 0.2) is 29.3 Å². The average Bonchev–Trinajstić information content (AvgIpc) is 2.42. The molecule has 21 heavy (non-hydrogen) atoms. The van der Waals surface area contributed by atoms with Crippen LogP contribution in [-0.4, -0.2) is 34.3 Å². The lowest BCUT2D eigenvalue weighted by molar-refractivity contribution is 0.605. The molecule has 0 bridgehead atoms. The van der Waals surface area contributed by atoms with Crippen LogP contribution in [0.4, 0.5) is 4.39 Å². The van der Waals surface area contributed by atoms with Crippen LogP contribution in [0.25, 0.3) is 0 Å². The molecule has 4 nitrogen and oxygen atoms in total. The van der Waals surface area contributed by atoms with E-state index in [4.69, 9.17) is 0 Å². The van der Waals surface area contributed by atoms with E-state index in [0.29, 0.717) is 30.4 Å². The molecule has 0 aliphatic heterocycles. The van der Waals surface area contributed by atoms with Gasteiger partial charge in [0, 0.05) is 47.0 Å². The van der Waals surface area contributed by atoms with Gasteiger partial charge >= 0.3 is 0 Å². The predicted octanol–water partition coefficient (Wildman–Crippen LogP) is 2.04. The van der Waals surface area contributed by atoms with Gasteiger partial charge in [0.2, 0.25) is 0 Å². The summed E-state index contributed by atoms with van der Waals surface area (Å²) in [6, 6.07) is 6.61. The predicted molar refractivity (Wildman–Crippen MR) is 87.4 cm³/mol. The quantitative estimate of drug-likeness (QED) is 0.646. The van der Waals surface area contributed by atoms with Crippen LogP contribution in [0.1, 0.15) is 26.3 Å². The summed E-state index contributed by atoms with van der Waals surface area (Å²) in [5.74, 6) is 0.877. The Bertz CT molecular complexity index is 512. The first kappa shape index (κ1) is 17.6. The maximum Gasteiger partial charge on any atom is 0.191 e. The molecule has 0 radical (unpaired) electrons. The highest BCUT2D eigenvalue weighted by atomic mass is 32.2. The lowest BCUT2D eigenvalue weighted by atomic mass is 10.2. The second kappa shape index (κ2) is 8.12. The van der Waals surface area contributed by atoms with Crippen LogP contribution < -0.4 is 10.6 Å². The van der Waals surface area contributed by atoms with E-state index in [-0.39, 0.29) is 10.6 Å². The standard InChI is InChI=1S/C15H24FN3OS/c1-15(2,3)21(20)10-9-18-14(17-4)19-11-12-7-5-6-8-13(12)16/h5-8H,9-11H2,1-4H3,(H2,17,18,19). The smallest absolute Gasteiger partial charge is 0.191 e. The van der Waals surface area contributed by atoms with Crippen molar-refractivity contribution in [3.8, 4) is 0 Å². The molecule has 1 atom stereocenters. The van der Waals surface area contributed by atoms with Gasteiger partial charge in [-0.05, 0) is 26.8 Å². The Morgan fingerprint density at radius 2 is 1.95 bits per heavy atom. The molecular formula is C15H24FN3OS. The van der Waals surface area contributed by atoms with Crippen molar-refractivity contribution < 1.29 is 8.60 Å². The largest absolute Gasteiger partial charge is 0.355 e. The van der Waals surface area contributed by atoms with Crippen LogP contribution in [0.5, 0.6) is 0 Å². The molecule has 0 amide bonds. The monoisotopic (exact) mass is 313 g/mol. The van der Waals surface area contributed by atoms with E-state index < -0.39 is 10.8 Å². The fourth-order valence-electron chi connectivity index (χ4n) is 1.61. The van der Waals surface area contributed by atoms with Gasteiger partial charge in [-0.2, -0.15) is 0 Å². The van der Waals surface area contributed by atoms with Crippen LogP contribution in [0.3, 0.4) is 0 Å². The van der Waals surface area contributed by atoms with Crippen molar-refractivity contribution in [3.05, 3.63) is 35.6 Å². The van der Waals surface area contributed by atoms with Crippen LogP contribution in [0, 0.1) is 5.82 Å². The number of benzene rings is 1.